The van der Waals surface area contributed by atoms with Gasteiger partial charge in [-0.25, -0.2) is 4.98 Å². The zero-order chi connectivity index (χ0) is 19.2. The predicted molar refractivity (Wildman–Crippen MR) is 126 cm³/mol. The minimum Gasteiger partial charge on any atom is -0.384 e. The first-order valence-electron chi connectivity index (χ1n) is 9.48. The normalized spacial score (nSPS) is 10.6. The maximum atomic E-state index is 11.5. The number of nitrogens with zero attached hydrogens (tertiary/aromatic N) is 2. The summed E-state index contributed by atoms with van der Waals surface area (Å²) in [7, 11) is 0. The van der Waals surface area contributed by atoms with E-state index in [-0.39, 0.29) is 35.4 Å². The van der Waals surface area contributed by atoms with Gasteiger partial charge >= 0.3 is 0 Å². The molecule has 0 bridgehead atoms. The smallest absolute Gasteiger partial charge is 0.280 e. The molecule has 0 amide bonds. The first kappa shape index (κ1) is 24.9. The Balaban J connectivity index is 0.00000210. The van der Waals surface area contributed by atoms with Gasteiger partial charge in [0.15, 0.2) is 0 Å². The molecule has 0 aliphatic rings. The molecule has 3 rings (SSSR count). The highest BCUT2D eigenvalue weighted by Crippen LogP contribution is 2.36. The van der Waals surface area contributed by atoms with E-state index < -0.39 is 0 Å². The number of pyridine rings is 1. The molecule has 2 N–H and O–H groups in total. The van der Waals surface area contributed by atoms with Crippen molar-refractivity contribution in [1.82, 2.24) is 10.3 Å². The molecule has 0 atom stereocenters. The molecule has 0 aliphatic heterocycles. The summed E-state index contributed by atoms with van der Waals surface area (Å²) in [5, 5.41) is 19.9. The Labute approximate surface area is 183 Å². The van der Waals surface area contributed by atoms with E-state index in [1.807, 2.05) is 30.3 Å². The van der Waals surface area contributed by atoms with Crippen LogP contribution in [0.5, 0.6) is 0 Å². The molecule has 0 fully saturated rings. The minimum absolute atomic E-state index is 0. The number of benzene rings is 2. The van der Waals surface area contributed by atoms with Gasteiger partial charge in [0.25, 0.3) is 5.69 Å². The Kier molecular flexibility index (Phi) is 10.1. The van der Waals surface area contributed by atoms with Crippen LogP contribution >= 0.6 is 24.8 Å². The summed E-state index contributed by atoms with van der Waals surface area (Å²) >= 11 is 0. The van der Waals surface area contributed by atoms with E-state index in [9.17, 15) is 10.1 Å². The molecule has 8 heteroatoms. The van der Waals surface area contributed by atoms with Gasteiger partial charge in [-0.05, 0) is 44.0 Å². The maximum Gasteiger partial charge on any atom is 0.280 e. The number of rotatable bonds is 9. The lowest BCUT2D eigenvalue weighted by Crippen LogP contribution is -2.20. The van der Waals surface area contributed by atoms with Crippen molar-refractivity contribution in [3.8, 4) is 0 Å². The third-order valence-electron chi connectivity index (χ3n) is 4.61. The Bertz CT molecular complexity index is 951. The van der Waals surface area contributed by atoms with Crippen LogP contribution in [0.25, 0.3) is 21.8 Å². The van der Waals surface area contributed by atoms with E-state index in [1.54, 1.807) is 6.07 Å². The van der Waals surface area contributed by atoms with E-state index in [4.69, 9.17) is 0 Å². The van der Waals surface area contributed by atoms with Crippen molar-refractivity contribution in [3.05, 3.63) is 52.6 Å². The number of nitro benzene ring substituents is 1. The molecular weight excluding hydrogens is 411 g/mol. The molecule has 2 aromatic carbocycles. The van der Waals surface area contributed by atoms with Crippen LogP contribution in [0.3, 0.4) is 0 Å². The fourth-order valence-electron chi connectivity index (χ4n) is 3.20. The van der Waals surface area contributed by atoms with E-state index >= 15 is 0 Å². The number of nitrogens with one attached hydrogen (secondary N) is 2. The number of aromatic nitrogens is 1. The van der Waals surface area contributed by atoms with Crippen molar-refractivity contribution >= 4 is 58.0 Å². The highest BCUT2D eigenvalue weighted by Gasteiger charge is 2.18. The van der Waals surface area contributed by atoms with E-state index in [2.05, 4.69) is 29.5 Å². The zero-order valence-corrected chi connectivity index (χ0v) is 18.3. The molecule has 3 aromatic rings. The Morgan fingerprint density at radius 1 is 1.00 bits per heavy atom. The topological polar surface area (TPSA) is 80.1 Å². The van der Waals surface area contributed by atoms with Crippen molar-refractivity contribution in [1.29, 1.82) is 0 Å². The van der Waals surface area contributed by atoms with Crippen LogP contribution in [-0.2, 0) is 0 Å². The largest absolute Gasteiger partial charge is 0.384 e. The Morgan fingerprint density at radius 3 is 2.45 bits per heavy atom. The lowest BCUT2D eigenvalue weighted by molar-refractivity contribution is -0.383. The van der Waals surface area contributed by atoms with Gasteiger partial charge in [0, 0.05) is 18.0 Å². The van der Waals surface area contributed by atoms with Gasteiger partial charge in [0.1, 0.15) is 5.39 Å². The average molecular weight is 439 g/mol. The molecule has 0 saturated carbocycles. The summed E-state index contributed by atoms with van der Waals surface area (Å²) in [6.45, 7) is 7.11. The predicted octanol–water partition coefficient (Wildman–Crippen LogP) is 5.58. The highest BCUT2D eigenvalue weighted by atomic mass is 35.5. The monoisotopic (exact) mass is 438 g/mol. The van der Waals surface area contributed by atoms with Crippen molar-refractivity contribution in [2.45, 2.75) is 26.7 Å². The Morgan fingerprint density at radius 2 is 1.72 bits per heavy atom. The second-order valence-corrected chi connectivity index (χ2v) is 7.15. The molecule has 158 valence electrons. The standard InChI is InChI=1S/C21H26N4O2.2ClH/c1-15(2)11-14-22-12-6-13-23-21-16-7-3-4-8-17(16)24-18-9-5-10-19(20(18)21)25(26)27;;/h3-5,7-10,15,22H,6,11-14H2,1-2H3,(H,23,24);2*1H. The van der Waals surface area contributed by atoms with E-state index in [0.29, 0.717) is 16.8 Å². The molecule has 0 unspecified atom stereocenters. The third-order valence-corrected chi connectivity index (χ3v) is 4.61. The van der Waals surface area contributed by atoms with Gasteiger partial charge in [-0.1, -0.05) is 38.1 Å². The number of hydrogen-bond acceptors (Lipinski definition) is 5. The molecular formula is C21H28Cl2N4O2. The summed E-state index contributed by atoms with van der Waals surface area (Å²) in [4.78, 5) is 15.8. The molecule has 0 radical (unpaired) electrons. The summed E-state index contributed by atoms with van der Waals surface area (Å²) in [6.07, 6.45) is 2.11. The molecule has 1 heterocycles. The second-order valence-electron chi connectivity index (χ2n) is 7.15. The molecule has 1 aromatic heterocycles. The van der Waals surface area contributed by atoms with E-state index in [1.165, 1.54) is 12.5 Å². The van der Waals surface area contributed by atoms with Crippen LogP contribution in [0.4, 0.5) is 11.4 Å². The fourth-order valence-corrected chi connectivity index (χ4v) is 3.20. The number of fused-ring (bicyclic) bond motifs is 2. The van der Waals surface area contributed by atoms with Crippen molar-refractivity contribution < 1.29 is 4.92 Å². The summed E-state index contributed by atoms with van der Waals surface area (Å²) in [5.74, 6) is 0.700. The van der Waals surface area contributed by atoms with E-state index in [0.717, 1.165) is 42.6 Å². The lowest BCUT2D eigenvalue weighted by atomic mass is 10.1. The molecule has 29 heavy (non-hydrogen) atoms. The number of non-ortho nitro benzene ring substituents is 1. The van der Waals surface area contributed by atoms with Crippen LogP contribution in [0.1, 0.15) is 26.7 Å². The van der Waals surface area contributed by atoms with Gasteiger partial charge in [-0.3, -0.25) is 10.1 Å². The summed E-state index contributed by atoms with van der Waals surface area (Å²) in [5.41, 5.74) is 2.36. The van der Waals surface area contributed by atoms with Gasteiger partial charge in [-0.2, -0.15) is 0 Å². The Hall–Kier alpha value is -2.15. The van der Waals surface area contributed by atoms with Crippen LogP contribution in [0.15, 0.2) is 42.5 Å². The van der Waals surface area contributed by atoms with Crippen LogP contribution in [-0.4, -0.2) is 29.5 Å². The lowest BCUT2D eigenvalue weighted by Gasteiger charge is -2.13. The van der Waals surface area contributed by atoms with Gasteiger partial charge in [-0.15, -0.1) is 24.8 Å². The van der Waals surface area contributed by atoms with Crippen LogP contribution < -0.4 is 10.6 Å². The maximum absolute atomic E-state index is 11.5. The first-order valence-corrected chi connectivity index (χ1v) is 9.48. The number of hydrogen-bond donors (Lipinski definition) is 2. The number of para-hydroxylation sites is 1. The summed E-state index contributed by atoms with van der Waals surface area (Å²) in [6, 6.07) is 12.8. The van der Waals surface area contributed by atoms with Gasteiger partial charge in [0.05, 0.1) is 21.6 Å². The number of anilines is 1. The zero-order valence-electron chi connectivity index (χ0n) is 16.7. The van der Waals surface area contributed by atoms with Crippen molar-refractivity contribution in [2.24, 2.45) is 5.92 Å². The van der Waals surface area contributed by atoms with Crippen LogP contribution in [0.2, 0.25) is 0 Å². The van der Waals surface area contributed by atoms with Crippen molar-refractivity contribution in [3.63, 3.8) is 0 Å². The van der Waals surface area contributed by atoms with Gasteiger partial charge in [0.2, 0.25) is 0 Å². The van der Waals surface area contributed by atoms with Crippen LogP contribution in [0, 0.1) is 16.0 Å². The highest BCUT2D eigenvalue weighted by molar-refractivity contribution is 6.11. The molecule has 0 saturated heterocycles. The summed E-state index contributed by atoms with van der Waals surface area (Å²) < 4.78 is 0. The molecule has 0 aliphatic carbocycles. The molecule has 6 nitrogen and oxygen atoms in total. The third kappa shape index (κ3) is 6.16. The number of nitro groups is 1. The SMILES string of the molecule is CC(C)CCNCCCNc1c2ccccc2nc2cccc([N+](=O)[O-])c12.Cl.Cl. The average Bonchev–Trinajstić information content (AvgIpc) is 2.65. The van der Waals surface area contributed by atoms with Crippen molar-refractivity contribution in [2.75, 3.05) is 25.0 Å². The first-order chi connectivity index (χ1) is 13.1. The quantitative estimate of drug-likeness (QED) is 0.197. The second kappa shape index (κ2) is 11.8. The molecule has 0 spiro atoms. The number of halogens is 2. The van der Waals surface area contributed by atoms with Gasteiger partial charge < -0.3 is 10.6 Å². The fraction of sp³-hybridized carbons (Fsp3) is 0.381. The minimum atomic E-state index is -0.336.